The number of oxazole rings is 1. The van der Waals surface area contributed by atoms with E-state index in [2.05, 4.69) is 15.0 Å². The molecule has 0 amide bonds. The van der Waals surface area contributed by atoms with E-state index >= 15 is 0 Å². The summed E-state index contributed by atoms with van der Waals surface area (Å²) in [6, 6.07) is 8.09. The molecule has 1 aliphatic rings. The molecule has 0 saturated carbocycles. The largest absolute Gasteiger partial charge is 0.419 e. The third kappa shape index (κ3) is 2.99. The van der Waals surface area contributed by atoms with Crippen LogP contribution in [0.5, 0.6) is 0 Å². The van der Waals surface area contributed by atoms with Crippen molar-refractivity contribution in [3.63, 3.8) is 0 Å². The summed E-state index contributed by atoms with van der Waals surface area (Å²) >= 11 is 0. The highest BCUT2D eigenvalue weighted by atomic mass is 16.4. The van der Waals surface area contributed by atoms with Gasteiger partial charge in [0.2, 0.25) is 0 Å². The number of aryl methyl sites for hydroxylation is 1. The average molecular weight is 327 g/mol. The lowest BCUT2D eigenvalue weighted by atomic mass is 10.2. The number of nitrogens with zero attached hydrogens (tertiary/aromatic N) is 5. The molecule has 1 unspecified atom stereocenters. The Morgan fingerprint density at radius 3 is 3.04 bits per heavy atom. The van der Waals surface area contributed by atoms with Crippen molar-refractivity contribution in [2.24, 2.45) is 0 Å². The maximum atomic E-state index is 12.0. The van der Waals surface area contributed by atoms with Crippen LogP contribution in [0.4, 0.5) is 0 Å². The number of para-hydroxylation sites is 2. The van der Waals surface area contributed by atoms with Crippen LogP contribution in [-0.2, 0) is 13.1 Å². The molecule has 7 heteroatoms. The van der Waals surface area contributed by atoms with Crippen molar-refractivity contribution < 1.29 is 4.42 Å². The van der Waals surface area contributed by atoms with Gasteiger partial charge in [0.15, 0.2) is 5.58 Å². The third-order valence-electron chi connectivity index (χ3n) is 4.76. The molecule has 1 aliphatic heterocycles. The van der Waals surface area contributed by atoms with Crippen LogP contribution in [0.2, 0.25) is 0 Å². The Bertz CT molecular complexity index is 851. The lowest BCUT2D eigenvalue weighted by Crippen LogP contribution is -2.34. The second kappa shape index (κ2) is 6.60. The van der Waals surface area contributed by atoms with Gasteiger partial charge in [0.05, 0.1) is 12.1 Å². The Balaban J connectivity index is 1.38. The van der Waals surface area contributed by atoms with Gasteiger partial charge in [-0.25, -0.2) is 9.78 Å². The van der Waals surface area contributed by atoms with Crippen molar-refractivity contribution in [1.29, 1.82) is 0 Å². The summed E-state index contributed by atoms with van der Waals surface area (Å²) in [7, 11) is 0. The normalized spacial score (nSPS) is 18.6. The predicted octanol–water partition coefficient (Wildman–Crippen LogP) is 1.74. The van der Waals surface area contributed by atoms with E-state index in [4.69, 9.17) is 4.42 Å². The fourth-order valence-electron chi connectivity index (χ4n) is 3.60. The number of hydrogen-bond acceptors (Lipinski definition) is 5. The lowest BCUT2D eigenvalue weighted by Gasteiger charge is -2.24. The predicted molar refractivity (Wildman–Crippen MR) is 89.7 cm³/mol. The van der Waals surface area contributed by atoms with E-state index in [0.717, 1.165) is 31.6 Å². The lowest BCUT2D eigenvalue weighted by molar-refractivity contribution is 0.220. The number of rotatable bonds is 6. The molecule has 1 aromatic carbocycles. The highest BCUT2D eigenvalue weighted by Crippen LogP contribution is 2.19. The summed E-state index contributed by atoms with van der Waals surface area (Å²) < 4.78 is 8.92. The summed E-state index contributed by atoms with van der Waals surface area (Å²) in [5.74, 6) is -0.267. The number of benzene rings is 1. The Labute approximate surface area is 139 Å². The van der Waals surface area contributed by atoms with Gasteiger partial charge in [-0.05, 0) is 37.9 Å². The average Bonchev–Trinajstić information content (AvgIpc) is 3.30. The first kappa shape index (κ1) is 15.1. The summed E-state index contributed by atoms with van der Waals surface area (Å²) in [6.45, 7) is 3.66. The SMILES string of the molecule is O=c1oc2ccccc2n1CCCN1CCCC1Cn1cncn1. The van der Waals surface area contributed by atoms with Gasteiger partial charge in [-0.2, -0.15) is 5.10 Å². The summed E-state index contributed by atoms with van der Waals surface area (Å²) in [6.07, 6.45) is 6.68. The molecule has 0 spiro atoms. The van der Waals surface area contributed by atoms with Crippen molar-refractivity contribution in [3.8, 4) is 0 Å². The molecule has 7 nitrogen and oxygen atoms in total. The number of fused-ring (bicyclic) bond motifs is 1. The van der Waals surface area contributed by atoms with Gasteiger partial charge in [-0.15, -0.1) is 0 Å². The molecular weight excluding hydrogens is 306 g/mol. The Kier molecular flexibility index (Phi) is 4.17. The standard InChI is InChI=1S/C17H21N5O2/c23-17-22(15-6-1-2-7-16(15)24-17)10-4-9-20-8-3-5-14(20)11-21-13-18-12-19-21/h1-2,6-7,12-14H,3-5,8-11H2. The number of hydrogen-bond donors (Lipinski definition) is 0. The van der Waals surface area contributed by atoms with Crippen LogP contribution < -0.4 is 5.76 Å². The van der Waals surface area contributed by atoms with Crippen LogP contribution >= 0.6 is 0 Å². The first-order chi connectivity index (χ1) is 11.8. The number of aromatic nitrogens is 4. The molecule has 1 atom stereocenters. The molecule has 0 bridgehead atoms. The topological polar surface area (TPSA) is 69.1 Å². The maximum Gasteiger partial charge on any atom is 0.419 e. The second-order valence-corrected chi connectivity index (χ2v) is 6.29. The fraction of sp³-hybridized carbons (Fsp3) is 0.471. The molecule has 1 saturated heterocycles. The summed E-state index contributed by atoms with van der Waals surface area (Å²) in [5.41, 5.74) is 1.54. The van der Waals surface area contributed by atoms with E-state index in [1.54, 1.807) is 17.2 Å². The molecule has 1 fully saturated rings. The molecular formula is C17H21N5O2. The smallest absolute Gasteiger partial charge is 0.408 e. The molecule has 2 aromatic heterocycles. The van der Waals surface area contributed by atoms with E-state index in [1.165, 1.54) is 12.8 Å². The quantitative estimate of drug-likeness (QED) is 0.690. The molecule has 3 aromatic rings. The zero-order valence-electron chi connectivity index (χ0n) is 13.5. The first-order valence-corrected chi connectivity index (χ1v) is 8.46. The molecule has 24 heavy (non-hydrogen) atoms. The van der Waals surface area contributed by atoms with E-state index in [0.29, 0.717) is 18.2 Å². The van der Waals surface area contributed by atoms with Crippen LogP contribution in [0, 0.1) is 0 Å². The van der Waals surface area contributed by atoms with Gasteiger partial charge in [0.1, 0.15) is 12.7 Å². The Hall–Kier alpha value is -2.41. The van der Waals surface area contributed by atoms with Gasteiger partial charge in [-0.3, -0.25) is 14.1 Å². The second-order valence-electron chi connectivity index (χ2n) is 6.29. The molecule has 0 aliphatic carbocycles. The van der Waals surface area contributed by atoms with E-state index < -0.39 is 0 Å². The first-order valence-electron chi connectivity index (χ1n) is 8.46. The van der Waals surface area contributed by atoms with Crippen molar-refractivity contribution in [3.05, 3.63) is 47.5 Å². The van der Waals surface area contributed by atoms with Crippen molar-refractivity contribution >= 4 is 11.1 Å². The fourth-order valence-corrected chi connectivity index (χ4v) is 3.60. The van der Waals surface area contributed by atoms with Gasteiger partial charge in [0, 0.05) is 19.1 Å². The minimum absolute atomic E-state index is 0.267. The monoisotopic (exact) mass is 327 g/mol. The highest BCUT2D eigenvalue weighted by Gasteiger charge is 2.24. The third-order valence-corrected chi connectivity index (χ3v) is 4.76. The van der Waals surface area contributed by atoms with E-state index in [9.17, 15) is 4.79 Å². The number of likely N-dealkylation sites (tertiary alicyclic amines) is 1. The van der Waals surface area contributed by atoms with Crippen molar-refractivity contribution in [1.82, 2.24) is 24.2 Å². The minimum atomic E-state index is -0.267. The van der Waals surface area contributed by atoms with Crippen LogP contribution in [0.25, 0.3) is 11.1 Å². The molecule has 0 N–H and O–H groups in total. The Morgan fingerprint density at radius 1 is 1.25 bits per heavy atom. The van der Waals surface area contributed by atoms with Crippen LogP contribution in [0.15, 0.2) is 46.1 Å². The van der Waals surface area contributed by atoms with Crippen LogP contribution in [0.3, 0.4) is 0 Å². The zero-order valence-corrected chi connectivity index (χ0v) is 13.5. The van der Waals surface area contributed by atoms with Crippen LogP contribution in [-0.4, -0.2) is 43.4 Å². The Morgan fingerprint density at radius 2 is 2.17 bits per heavy atom. The summed E-state index contributed by atoms with van der Waals surface area (Å²) in [5, 5.41) is 4.20. The minimum Gasteiger partial charge on any atom is -0.408 e. The van der Waals surface area contributed by atoms with Gasteiger partial charge >= 0.3 is 5.76 Å². The van der Waals surface area contributed by atoms with Crippen molar-refractivity contribution in [2.75, 3.05) is 13.1 Å². The highest BCUT2D eigenvalue weighted by molar-refractivity contribution is 5.72. The molecule has 126 valence electrons. The van der Waals surface area contributed by atoms with Gasteiger partial charge in [0.25, 0.3) is 0 Å². The molecule has 4 rings (SSSR count). The van der Waals surface area contributed by atoms with Crippen LogP contribution in [0.1, 0.15) is 19.3 Å². The summed E-state index contributed by atoms with van der Waals surface area (Å²) in [4.78, 5) is 18.5. The zero-order chi connectivity index (χ0) is 16.4. The molecule has 0 radical (unpaired) electrons. The molecule has 3 heterocycles. The van der Waals surface area contributed by atoms with Gasteiger partial charge < -0.3 is 4.42 Å². The van der Waals surface area contributed by atoms with E-state index in [1.807, 2.05) is 28.9 Å². The van der Waals surface area contributed by atoms with Gasteiger partial charge in [-0.1, -0.05) is 12.1 Å². The maximum absolute atomic E-state index is 12.0. The van der Waals surface area contributed by atoms with E-state index in [-0.39, 0.29) is 5.76 Å². The van der Waals surface area contributed by atoms with Crippen molar-refractivity contribution in [2.45, 2.75) is 38.4 Å².